The zero-order chi connectivity index (χ0) is 14.4. The fourth-order valence-corrected chi connectivity index (χ4v) is 2.30. The van der Waals surface area contributed by atoms with Gasteiger partial charge in [0.1, 0.15) is 5.82 Å². The Kier molecular flexibility index (Phi) is 5.24. The molecule has 0 saturated carbocycles. The van der Waals surface area contributed by atoms with E-state index in [2.05, 4.69) is 15.6 Å². The van der Waals surface area contributed by atoms with Crippen LogP contribution in [0.25, 0.3) is 10.9 Å². The number of pyridine rings is 1. The Morgan fingerprint density at radius 1 is 1.35 bits per heavy atom. The van der Waals surface area contributed by atoms with E-state index >= 15 is 0 Å². The van der Waals surface area contributed by atoms with Crippen molar-refractivity contribution in [2.45, 2.75) is 6.92 Å². The number of thioether (sulfide) groups is 1. The van der Waals surface area contributed by atoms with Crippen LogP contribution in [-0.2, 0) is 0 Å². The molecule has 0 fully saturated rings. The van der Waals surface area contributed by atoms with Crippen LogP contribution in [0.1, 0.15) is 17.3 Å². The topological polar surface area (TPSA) is 54.0 Å². The molecule has 0 spiro atoms. The highest BCUT2D eigenvalue weighted by molar-refractivity contribution is 7.98. The van der Waals surface area contributed by atoms with Gasteiger partial charge in [0.15, 0.2) is 0 Å². The maximum absolute atomic E-state index is 12.3. The van der Waals surface area contributed by atoms with E-state index in [0.717, 1.165) is 29.0 Å². The average Bonchev–Trinajstić information content (AvgIpc) is 2.47. The van der Waals surface area contributed by atoms with Gasteiger partial charge in [-0.2, -0.15) is 11.8 Å². The lowest BCUT2D eigenvalue weighted by Crippen LogP contribution is -2.26. The average molecular weight is 289 g/mol. The number of carbonyl (C=O) groups is 1. The van der Waals surface area contributed by atoms with E-state index in [4.69, 9.17) is 0 Å². The van der Waals surface area contributed by atoms with Crippen LogP contribution in [0.3, 0.4) is 0 Å². The molecule has 0 saturated heterocycles. The number of nitrogens with zero attached hydrogens (tertiary/aromatic N) is 1. The van der Waals surface area contributed by atoms with Gasteiger partial charge < -0.3 is 10.6 Å². The van der Waals surface area contributed by atoms with E-state index in [-0.39, 0.29) is 5.91 Å². The molecule has 0 aliphatic heterocycles. The molecule has 0 aliphatic carbocycles. The van der Waals surface area contributed by atoms with Crippen LogP contribution in [0.2, 0.25) is 0 Å². The minimum Gasteiger partial charge on any atom is -0.370 e. The van der Waals surface area contributed by atoms with Crippen LogP contribution in [0.15, 0.2) is 30.3 Å². The number of hydrogen-bond donors (Lipinski definition) is 2. The molecular formula is C15H19N3OS. The van der Waals surface area contributed by atoms with Crippen LogP contribution in [0.4, 0.5) is 5.82 Å². The minimum atomic E-state index is -0.0446. The molecule has 2 N–H and O–H groups in total. The molecule has 0 aliphatic rings. The largest absolute Gasteiger partial charge is 0.370 e. The number of para-hydroxylation sites is 1. The first kappa shape index (κ1) is 14.7. The van der Waals surface area contributed by atoms with E-state index in [1.807, 2.05) is 43.5 Å². The van der Waals surface area contributed by atoms with Gasteiger partial charge in [-0.05, 0) is 25.3 Å². The number of benzene rings is 1. The van der Waals surface area contributed by atoms with Crippen molar-refractivity contribution in [1.82, 2.24) is 10.3 Å². The quantitative estimate of drug-likeness (QED) is 0.803. The van der Waals surface area contributed by atoms with E-state index in [0.29, 0.717) is 12.1 Å². The summed E-state index contributed by atoms with van der Waals surface area (Å²) in [6, 6.07) is 9.53. The maximum Gasteiger partial charge on any atom is 0.252 e. The van der Waals surface area contributed by atoms with Crippen LogP contribution < -0.4 is 10.6 Å². The molecule has 0 bridgehead atoms. The number of carbonyl (C=O) groups excluding carboxylic acids is 1. The van der Waals surface area contributed by atoms with Gasteiger partial charge in [-0.25, -0.2) is 4.98 Å². The van der Waals surface area contributed by atoms with E-state index in [1.165, 1.54) is 0 Å². The molecule has 5 heteroatoms. The predicted octanol–water partition coefficient (Wildman–Crippen LogP) is 2.76. The van der Waals surface area contributed by atoms with Gasteiger partial charge in [-0.3, -0.25) is 4.79 Å². The normalized spacial score (nSPS) is 10.5. The van der Waals surface area contributed by atoms with E-state index < -0.39 is 0 Å². The first-order chi connectivity index (χ1) is 9.76. The Labute approximate surface area is 123 Å². The minimum absolute atomic E-state index is 0.0446. The Balaban J connectivity index is 2.36. The van der Waals surface area contributed by atoms with Gasteiger partial charge in [0.2, 0.25) is 0 Å². The summed E-state index contributed by atoms with van der Waals surface area (Å²) in [6.45, 7) is 3.46. The smallest absolute Gasteiger partial charge is 0.252 e. The highest BCUT2D eigenvalue weighted by Gasteiger charge is 2.12. The summed E-state index contributed by atoms with van der Waals surface area (Å²) >= 11 is 1.71. The highest BCUT2D eigenvalue weighted by Crippen LogP contribution is 2.20. The summed E-state index contributed by atoms with van der Waals surface area (Å²) in [5.74, 6) is 1.60. The third-order valence-corrected chi connectivity index (χ3v) is 3.52. The fraction of sp³-hybridized carbons (Fsp3) is 0.333. The third-order valence-electron chi connectivity index (χ3n) is 2.91. The lowest BCUT2D eigenvalue weighted by atomic mass is 10.1. The van der Waals surface area contributed by atoms with Gasteiger partial charge in [0.05, 0.1) is 11.1 Å². The number of aromatic nitrogens is 1. The molecule has 1 aromatic carbocycles. The maximum atomic E-state index is 12.3. The zero-order valence-corrected chi connectivity index (χ0v) is 12.6. The molecular weight excluding hydrogens is 270 g/mol. The van der Waals surface area contributed by atoms with Gasteiger partial charge in [-0.15, -0.1) is 0 Å². The number of fused-ring (bicyclic) bond motifs is 1. The molecule has 2 rings (SSSR count). The van der Waals surface area contributed by atoms with Crippen molar-refractivity contribution in [3.8, 4) is 0 Å². The molecule has 0 radical (unpaired) electrons. The Hall–Kier alpha value is -1.75. The van der Waals surface area contributed by atoms with Gasteiger partial charge >= 0.3 is 0 Å². The van der Waals surface area contributed by atoms with Crippen LogP contribution in [0.5, 0.6) is 0 Å². The standard InChI is InChI=1S/C15H19N3OS/c1-3-16-14-10-12(15(19)17-8-9-20-2)11-6-4-5-7-13(11)18-14/h4-7,10H,3,8-9H2,1-2H3,(H,16,18)(H,17,19). The van der Waals surface area contributed by atoms with Crippen molar-refractivity contribution in [1.29, 1.82) is 0 Å². The first-order valence-corrected chi connectivity index (χ1v) is 8.06. The zero-order valence-electron chi connectivity index (χ0n) is 11.8. The second kappa shape index (κ2) is 7.14. The summed E-state index contributed by atoms with van der Waals surface area (Å²) in [5.41, 5.74) is 1.51. The predicted molar refractivity (Wildman–Crippen MR) is 86.6 cm³/mol. The van der Waals surface area contributed by atoms with E-state index in [9.17, 15) is 4.79 Å². The number of anilines is 1. The van der Waals surface area contributed by atoms with E-state index in [1.54, 1.807) is 11.8 Å². The Morgan fingerprint density at radius 2 is 2.15 bits per heavy atom. The molecule has 0 atom stereocenters. The molecule has 20 heavy (non-hydrogen) atoms. The number of nitrogens with one attached hydrogen (secondary N) is 2. The van der Waals surface area contributed by atoms with Crippen molar-refractivity contribution in [3.63, 3.8) is 0 Å². The second-order valence-corrected chi connectivity index (χ2v) is 5.34. The van der Waals surface area contributed by atoms with Crippen molar-refractivity contribution < 1.29 is 4.79 Å². The molecule has 106 valence electrons. The van der Waals surface area contributed by atoms with Crippen LogP contribution in [-0.4, -0.2) is 36.0 Å². The third kappa shape index (κ3) is 3.42. The molecule has 1 heterocycles. The Bertz CT molecular complexity index is 601. The number of rotatable bonds is 6. The molecule has 2 aromatic rings. The number of amides is 1. The summed E-state index contributed by atoms with van der Waals surface area (Å²) in [6.07, 6.45) is 2.03. The first-order valence-electron chi connectivity index (χ1n) is 6.67. The van der Waals surface area contributed by atoms with Crippen molar-refractivity contribution in [3.05, 3.63) is 35.9 Å². The SMILES string of the molecule is CCNc1cc(C(=O)NCCSC)c2ccccc2n1. The van der Waals surface area contributed by atoms with Gasteiger partial charge in [0.25, 0.3) is 5.91 Å². The van der Waals surface area contributed by atoms with Crippen molar-refractivity contribution in [2.24, 2.45) is 0 Å². The fourth-order valence-electron chi connectivity index (χ4n) is 2.00. The molecule has 0 unspecified atom stereocenters. The summed E-state index contributed by atoms with van der Waals surface area (Å²) in [5, 5.41) is 7.00. The number of hydrogen-bond acceptors (Lipinski definition) is 4. The molecule has 1 aromatic heterocycles. The molecule has 1 amide bonds. The van der Waals surface area contributed by atoms with Gasteiger partial charge in [-0.1, -0.05) is 18.2 Å². The van der Waals surface area contributed by atoms with Crippen molar-refractivity contribution >= 4 is 34.4 Å². The lowest BCUT2D eigenvalue weighted by Gasteiger charge is -2.10. The summed E-state index contributed by atoms with van der Waals surface area (Å²) in [4.78, 5) is 16.8. The van der Waals surface area contributed by atoms with Crippen molar-refractivity contribution in [2.75, 3.05) is 30.4 Å². The van der Waals surface area contributed by atoms with Crippen LogP contribution in [0, 0.1) is 0 Å². The second-order valence-electron chi connectivity index (χ2n) is 4.35. The summed E-state index contributed by atoms with van der Waals surface area (Å²) in [7, 11) is 0. The Morgan fingerprint density at radius 3 is 2.90 bits per heavy atom. The highest BCUT2D eigenvalue weighted by atomic mass is 32.2. The lowest BCUT2D eigenvalue weighted by molar-refractivity contribution is 0.0958. The summed E-state index contributed by atoms with van der Waals surface area (Å²) < 4.78 is 0. The monoisotopic (exact) mass is 289 g/mol. The van der Waals surface area contributed by atoms with Gasteiger partial charge in [0, 0.05) is 24.2 Å². The molecule has 4 nitrogen and oxygen atoms in total. The van der Waals surface area contributed by atoms with Crippen LogP contribution >= 0.6 is 11.8 Å².